The number of aliphatic carboxylic acids is 1. The second-order valence-electron chi connectivity index (χ2n) is 5.08. The molecule has 1 aliphatic heterocycles. The molecule has 1 fully saturated rings. The Morgan fingerprint density at radius 3 is 2.62 bits per heavy atom. The van der Waals surface area contributed by atoms with Crippen LogP contribution in [-0.2, 0) is 20.8 Å². The molecule has 21 heavy (non-hydrogen) atoms. The minimum atomic E-state index is -1.07. The maximum atomic E-state index is 11.9. The van der Waals surface area contributed by atoms with Crippen LogP contribution in [0, 0.1) is 0 Å². The van der Waals surface area contributed by atoms with Crippen molar-refractivity contribution in [3.05, 3.63) is 35.9 Å². The number of carboxylic acid groups (broad SMARTS) is 1. The van der Waals surface area contributed by atoms with Gasteiger partial charge in [0.1, 0.15) is 12.1 Å². The van der Waals surface area contributed by atoms with Gasteiger partial charge in [-0.2, -0.15) is 0 Å². The molecule has 1 unspecified atom stereocenters. The van der Waals surface area contributed by atoms with E-state index in [2.05, 4.69) is 10.6 Å². The molecule has 0 bridgehead atoms. The highest BCUT2D eigenvalue weighted by atomic mass is 16.4. The zero-order valence-corrected chi connectivity index (χ0v) is 11.5. The van der Waals surface area contributed by atoms with Crippen LogP contribution >= 0.6 is 0 Å². The second kappa shape index (κ2) is 6.88. The predicted molar refractivity (Wildman–Crippen MR) is 75.5 cm³/mol. The minimum Gasteiger partial charge on any atom is -0.480 e. The summed E-state index contributed by atoms with van der Waals surface area (Å²) in [5, 5.41) is 14.2. The average Bonchev–Trinajstić information content (AvgIpc) is 2.90. The van der Waals surface area contributed by atoms with Gasteiger partial charge in [-0.05, 0) is 24.8 Å². The fraction of sp³-hybridized carbons (Fsp3) is 0.400. The van der Waals surface area contributed by atoms with E-state index in [0.717, 1.165) is 5.56 Å². The zero-order valence-electron chi connectivity index (χ0n) is 11.5. The third-order valence-electron chi connectivity index (χ3n) is 3.49. The van der Waals surface area contributed by atoms with Gasteiger partial charge in [0.05, 0.1) is 0 Å². The van der Waals surface area contributed by atoms with Crippen molar-refractivity contribution >= 4 is 17.8 Å². The first-order chi connectivity index (χ1) is 10.1. The highest BCUT2D eigenvalue weighted by Crippen LogP contribution is 2.09. The number of hydrogen-bond donors (Lipinski definition) is 3. The number of amides is 2. The smallest absolute Gasteiger partial charge is 0.326 e. The van der Waals surface area contributed by atoms with E-state index in [4.69, 9.17) is 0 Å². The molecule has 1 aromatic rings. The lowest BCUT2D eigenvalue weighted by Gasteiger charge is -2.17. The number of carboxylic acids is 1. The van der Waals surface area contributed by atoms with Gasteiger partial charge in [-0.25, -0.2) is 4.79 Å². The Kier molecular flexibility index (Phi) is 4.92. The van der Waals surface area contributed by atoms with Crippen molar-refractivity contribution in [3.8, 4) is 0 Å². The molecule has 0 aliphatic carbocycles. The van der Waals surface area contributed by atoms with E-state index in [9.17, 15) is 19.5 Å². The molecule has 0 aromatic heterocycles. The number of carbonyl (C=O) groups is 3. The summed E-state index contributed by atoms with van der Waals surface area (Å²) in [5.41, 5.74) is 1.02. The molecule has 6 nitrogen and oxygen atoms in total. The zero-order chi connectivity index (χ0) is 15.2. The molecule has 1 saturated heterocycles. The maximum absolute atomic E-state index is 11.9. The van der Waals surface area contributed by atoms with Crippen LogP contribution in [0.4, 0.5) is 0 Å². The van der Waals surface area contributed by atoms with Gasteiger partial charge < -0.3 is 15.7 Å². The number of nitrogens with one attached hydrogen (secondary N) is 2. The van der Waals surface area contributed by atoms with Crippen LogP contribution in [0.2, 0.25) is 0 Å². The van der Waals surface area contributed by atoms with Gasteiger partial charge in [0, 0.05) is 6.42 Å². The van der Waals surface area contributed by atoms with E-state index in [1.807, 2.05) is 30.3 Å². The van der Waals surface area contributed by atoms with Crippen molar-refractivity contribution in [3.63, 3.8) is 0 Å². The normalized spacial score (nSPS) is 18.9. The summed E-state index contributed by atoms with van der Waals surface area (Å²) in [6, 6.07) is 7.93. The Hall–Kier alpha value is -2.37. The predicted octanol–water partition coefficient (Wildman–Crippen LogP) is 0.467. The highest BCUT2D eigenvalue weighted by Gasteiger charge is 2.30. The van der Waals surface area contributed by atoms with E-state index >= 15 is 0 Å². The van der Waals surface area contributed by atoms with Crippen LogP contribution in [-0.4, -0.2) is 35.0 Å². The lowest BCUT2D eigenvalue weighted by molar-refractivity contribution is -0.142. The van der Waals surface area contributed by atoms with Gasteiger partial charge in [0.15, 0.2) is 0 Å². The second-order valence-corrected chi connectivity index (χ2v) is 5.08. The first-order valence-corrected chi connectivity index (χ1v) is 6.92. The van der Waals surface area contributed by atoms with Crippen molar-refractivity contribution in [1.82, 2.24) is 10.6 Å². The summed E-state index contributed by atoms with van der Waals surface area (Å²) in [6.07, 6.45) is 1.59. The highest BCUT2D eigenvalue weighted by molar-refractivity contribution is 5.92. The van der Waals surface area contributed by atoms with Crippen molar-refractivity contribution in [2.24, 2.45) is 0 Å². The van der Waals surface area contributed by atoms with Crippen molar-refractivity contribution in [2.75, 3.05) is 0 Å². The standard InChI is InChI=1S/C15H18N2O4/c18-13-9-8-11(16-13)14(19)17-12(15(20)21)7-6-10-4-2-1-3-5-10/h1-5,11-12H,6-9H2,(H,16,18)(H,17,19)(H,20,21)/t11-,12?/m0/s1. The van der Waals surface area contributed by atoms with Crippen molar-refractivity contribution in [1.29, 1.82) is 0 Å². The largest absolute Gasteiger partial charge is 0.480 e. The first-order valence-electron chi connectivity index (χ1n) is 6.92. The number of rotatable bonds is 6. The molecule has 1 aromatic carbocycles. The van der Waals surface area contributed by atoms with Gasteiger partial charge in [-0.3, -0.25) is 9.59 Å². The van der Waals surface area contributed by atoms with E-state index in [1.165, 1.54) is 0 Å². The molecular formula is C15H18N2O4. The van der Waals surface area contributed by atoms with Crippen LogP contribution < -0.4 is 10.6 Å². The average molecular weight is 290 g/mol. The van der Waals surface area contributed by atoms with Crippen LogP contribution in [0.3, 0.4) is 0 Å². The summed E-state index contributed by atoms with van der Waals surface area (Å²) in [5.74, 6) is -1.67. The summed E-state index contributed by atoms with van der Waals surface area (Å²) in [4.78, 5) is 34.2. The van der Waals surface area contributed by atoms with Gasteiger partial charge in [-0.1, -0.05) is 30.3 Å². The van der Waals surface area contributed by atoms with E-state index in [-0.39, 0.29) is 5.91 Å². The molecule has 2 atom stereocenters. The van der Waals surface area contributed by atoms with Crippen LogP contribution in [0.15, 0.2) is 30.3 Å². The number of aryl methyl sites for hydroxylation is 1. The Balaban J connectivity index is 1.88. The van der Waals surface area contributed by atoms with Crippen molar-refractivity contribution in [2.45, 2.75) is 37.8 Å². The Bertz CT molecular complexity index is 530. The molecule has 1 aliphatic rings. The topological polar surface area (TPSA) is 95.5 Å². The molecule has 2 rings (SSSR count). The maximum Gasteiger partial charge on any atom is 0.326 e. The van der Waals surface area contributed by atoms with E-state index in [0.29, 0.717) is 25.7 Å². The van der Waals surface area contributed by atoms with Crippen LogP contribution in [0.5, 0.6) is 0 Å². The Labute approximate surface area is 122 Å². The minimum absolute atomic E-state index is 0.175. The number of hydrogen-bond acceptors (Lipinski definition) is 3. The monoisotopic (exact) mass is 290 g/mol. The lowest BCUT2D eigenvalue weighted by Crippen LogP contribution is -2.48. The van der Waals surface area contributed by atoms with Gasteiger partial charge >= 0.3 is 5.97 Å². The summed E-state index contributed by atoms with van der Waals surface area (Å²) < 4.78 is 0. The summed E-state index contributed by atoms with van der Waals surface area (Å²) in [6.45, 7) is 0. The molecule has 6 heteroatoms. The molecule has 1 heterocycles. The fourth-order valence-electron chi connectivity index (χ4n) is 2.30. The third kappa shape index (κ3) is 4.30. The number of carbonyl (C=O) groups excluding carboxylic acids is 2. The Morgan fingerprint density at radius 1 is 1.33 bits per heavy atom. The summed E-state index contributed by atoms with van der Waals surface area (Å²) in [7, 11) is 0. The molecule has 3 N–H and O–H groups in total. The molecule has 0 radical (unpaired) electrons. The van der Waals surface area contributed by atoms with Gasteiger partial charge in [0.25, 0.3) is 0 Å². The molecule has 112 valence electrons. The molecule has 0 saturated carbocycles. The number of benzene rings is 1. The third-order valence-corrected chi connectivity index (χ3v) is 3.49. The fourth-order valence-corrected chi connectivity index (χ4v) is 2.30. The van der Waals surface area contributed by atoms with Gasteiger partial charge in [-0.15, -0.1) is 0 Å². The quantitative estimate of drug-likeness (QED) is 0.709. The lowest BCUT2D eigenvalue weighted by atomic mass is 10.0. The van der Waals surface area contributed by atoms with Crippen LogP contribution in [0.1, 0.15) is 24.8 Å². The van der Waals surface area contributed by atoms with Crippen molar-refractivity contribution < 1.29 is 19.5 Å². The van der Waals surface area contributed by atoms with Crippen LogP contribution in [0.25, 0.3) is 0 Å². The van der Waals surface area contributed by atoms with E-state index in [1.54, 1.807) is 0 Å². The SMILES string of the molecule is O=C1CC[C@@H](C(=O)NC(CCc2ccccc2)C(=O)O)N1. The molecular weight excluding hydrogens is 272 g/mol. The van der Waals surface area contributed by atoms with Gasteiger partial charge in [0.2, 0.25) is 11.8 Å². The first kappa shape index (κ1) is 15.0. The van der Waals surface area contributed by atoms with E-state index < -0.39 is 24.0 Å². The molecule has 2 amide bonds. The summed E-state index contributed by atoms with van der Waals surface area (Å²) >= 11 is 0. The molecule has 0 spiro atoms. The Morgan fingerprint density at radius 2 is 2.05 bits per heavy atom.